The van der Waals surface area contributed by atoms with Crippen LogP contribution in [0.5, 0.6) is 0 Å². The van der Waals surface area contributed by atoms with Gasteiger partial charge in [0.2, 0.25) is 5.95 Å². The highest BCUT2D eigenvalue weighted by Gasteiger charge is 2.39. The molecule has 5 rings (SSSR count). The molecule has 2 aromatic rings. The molecule has 9 heteroatoms. The Morgan fingerprint density at radius 2 is 1.87 bits per heavy atom. The first-order chi connectivity index (χ1) is 14.6. The molecular formula is C21H27N7O2. The van der Waals surface area contributed by atoms with E-state index in [-0.39, 0.29) is 18.2 Å². The summed E-state index contributed by atoms with van der Waals surface area (Å²) < 4.78 is 0. The van der Waals surface area contributed by atoms with Gasteiger partial charge in [0.25, 0.3) is 0 Å². The van der Waals surface area contributed by atoms with E-state index >= 15 is 0 Å². The maximum atomic E-state index is 12.4. The first-order valence-electron chi connectivity index (χ1n) is 10.5. The van der Waals surface area contributed by atoms with Crippen LogP contribution in [0.2, 0.25) is 0 Å². The lowest BCUT2D eigenvalue weighted by molar-refractivity contribution is 0.0748. The molecule has 30 heavy (non-hydrogen) atoms. The molecule has 0 radical (unpaired) electrons. The van der Waals surface area contributed by atoms with Gasteiger partial charge >= 0.3 is 6.03 Å². The Kier molecular flexibility index (Phi) is 4.92. The summed E-state index contributed by atoms with van der Waals surface area (Å²) in [7, 11) is 2.15. The number of carbonyl (C=O) groups is 1. The summed E-state index contributed by atoms with van der Waals surface area (Å²) in [4.78, 5) is 27.9. The summed E-state index contributed by atoms with van der Waals surface area (Å²) >= 11 is 0. The number of carbonyl (C=O) groups excluding carboxylic acids is 1. The first-order valence-corrected chi connectivity index (χ1v) is 10.5. The average Bonchev–Trinajstić information content (AvgIpc) is 2.73. The maximum Gasteiger partial charge on any atom is 0.323 e. The number of aromatic nitrogens is 2. The Morgan fingerprint density at radius 3 is 2.57 bits per heavy atom. The van der Waals surface area contributed by atoms with Crippen LogP contribution < -0.4 is 20.4 Å². The molecule has 3 heterocycles. The standard InChI is InChI=1S/C21H27N7O2/c1-26-6-8-27(9-7-26)16-4-2-15(3-5-16)24-20-22-12-14-13-23-21(30)28(19(14)25-20)17-10-18(29)11-17/h2-5,12,17-18,29H,6-11,13H2,1H3,(H,23,30)(H,22,24,25). The minimum atomic E-state index is -0.341. The zero-order valence-electron chi connectivity index (χ0n) is 17.1. The van der Waals surface area contributed by atoms with Crippen LogP contribution in [0.15, 0.2) is 30.5 Å². The summed E-state index contributed by atoms with van der Waals surface area (Å²) in [5.41, 5.74) is 3.00. The van der Waals surface area contributed by atoms with E-state index in [1.54, 1.807) is 11.1 Å². The summed E-state index contributed by atoms with van der Waals surface area (Å²) in [6.45, 7) is 4.63. The second-order valence-corrected chi connectivity index (χ2v) is 8.31. The summed E-state index contributed by atoms with van der Waals surface area (Å²) in [6, 6.07) is 8.10. The summed E-state index contributed by atoms with van der Waals surface area (Å²) in [6.07, 6.45) is 2.57. The second kappa shape index (κ2) is 7.73. The molecule has 1 saturated carbocycles. The van der Waals surface area contributed by atoms with Crippen molar-refractivity contribution in [3.8, 4) is 0 Å². The summed E-state index contributed by atoms with van der Waals surface area (Å²) in [5.74, 6) is 1.09. The van der Waals surface area contributed by atoms with Gasteiger partial charge < -0.3 is 25.5 Å². The third-order valence-electron chi connectivity index (χ3n) is 6.16. The molecule has 3 N–H and O–H groups in total. The number of fused-ring (bicyclic) bond motifs is 1. The number of piperazine rings is 1. The molecule has 0 unspecified atom stereocenters. The third-order valence-corrected chi connectivity index (χ3v) is 6.16. The number of anilines is 4. The smallest absolute Gasteiger partial charge is 0.323 e. The number of benzene rings is 1. The molecule has 1 aliphatic carbocycles. The van der Waals surface area contributed by atoms with E-state index in [4.69, 9.17) is 0 Å². The fraction of sp³-hybridized carbons (Fsp3) is 0.476. The number of urea groups is 1. The normalized spacial score (nSPS) is 24.1. The van der Waals surface area contributed by atoms with Crippen molar-refractivity contribution in [3.05, 3.63) is 36.0 Å². The largest absolute Gasteiger partial charge is 0.393 e. The van der Waals surface area contributed by atoms with Crippen molar-refractivity contribution >= 4 is 29.2 Å². The van der Waals surface area contributed by atoms with Gasteiger partial charge in [-0.2, -0.15) is 4.98 Å². The number of amides is 2. The van der Waals surface area contributed by atoms with E-state index in [1.165, 1.54) is 5.69 Å². The van der Waals surface area contributed by atoms with Crippen LogP contribution in [0.1, 0.15) is 18.4 Å². The molecule has 0 atom stereocenters. The van der Waals surface area contributed by atoms with Gasteiger partial charge in [-0.25, -0.2) is 9.78 Å². The highest BCUT2D eigenvalue weighted by atomic mass is 16.3. The fourth-order valence-electron chi connectivity index (χ4n) is 4.20. The first kappa shape index (κ1) is 19.1. The monoisotopic (exact) mass is 409 g/mol. The number of rotatable bonds is 4. The Morgan fingerprint density at radius 1 is 1.13 bits per heavy atom. The van der Waals surface area contributed by atoms with Crippen LogP contribution >= 0.6 is 0 Å². The molecule has 158 valence electrons. The van der Waals surface area contributed by atoms with Crippen LogP contribution in [-0.2, 0) is 6.54 Å². The Balaban J connectivity index is 1.31. The van der Waals surface area contributed by atoms with Gasteiger partial charge in [0.05, 0.1) is 6.10 Å². The van der Waals surface area contributed by atoms with Crippen molar-refractivity contribution in [2.75, 3.05) is 48.3 Å². The van der Waals surface area contributed by atoms with Crippen LogP contribution in [0.4, 0.5) is 27.9 Å². The van der Waals surface area contributed by atoms with E-state index in [0.717, 1.165) is 37.4 Å². The lowest BCUT2D eigenvalue weighted by Gasteiger charge is -2.42. The molecule has 1 aromatic carbocycles. The van der Waals surface area contributed by atoms with E-state index in [2.05, 4.69) is 49.6 Å². The highest BCUT2D eigenvalue weighted by molar-refractivity contribution is 5.94. The van der Waals surface area contributed by atoms with E-state index in [0.29, 0.717) is 31.2 Å². The van der Waals surface area contributed by atoms with Crippen LogP contribution in [0.3, 0.4) is 0 Å². The number of aliphatic hydroxyl groups is 1. The molecule has 2 aliphatic heterocycles. The minimum Gasteiger partial charge on any atom is -0.393 e. The molecular weight excluding hydrogens is 382 g/mol. The van der Waals surface area contributed by atoms with Gasteiger partial charge in [0.15, 0.2) is 0 Å². The predicted molar refractivity (Wildman–Crippen MR) is 115 cm³/mol. The van der Waals surface area contributed by atoms with Gasteiger partial charge in [-0.3, -0.25) is 4.90 Å². The minimum absolute atomic E-state index is 0.0235. The maximum absolute atomic E-state index is 12.4. The van der Waals surface area contributed by atoms with E-state index < -0.39 is 0 Å². The molecule has 2 amide bonds. The third kappa shape index (κ3) is 3.66. The summed E-state index contributed by atoms with van der Waals surface area (Å²) in [5, 5.41) is 15.8. The van der Waals surface area contributed by atoms with Crippen molar-refractivity contribution in [3.63, 3.8) is 0 Å². The zero-order valence-corrected chi connectivity index (χ0v) is 17.1. The Bertz CT molecular complexity index is 921. The van der Waals surface area contributed by atoms with Crippen molar-refractivity contribution < 1.29 is 9.90 Å². The predicted octanol–water partition coefficient (Wildman–Crippen LogP) is 1.52. The van der Waals surface area contributed by atoms with Crippen LogP contribution in [0.25, 0.3) is 0 Å². The number of hydrogen-bond acceptors (Lipinski definition) is 7. The Labute approximate surface area is 175 Å². The number of nitrogens with one attached hydrogen (secondary N) is 2. The average molecular weight is 409 g/mol. The lowest BCUT2D eigenvalue weighted by atomic mass is 9.88. The Hall–Kier alpha value is -2.91. The van der Waals surface area contributed by atoms with Crippen molar-refractivity contribution in [2.24, 2.45) is 0 Å². The van der Waals surface area contributed by atoms with Crippen molar-refractivity contribution in [1.29, 1.82) is 0 Å². The molecule has 3 aliphatic rings. The highest BCUT2D eigenvalue weighted by Crippen LogP contribution is 2.33. The molecule has 0 bridgehead atoms. The van der Waals surface area contributed by atoms with Crippen molar-refractivity contribution in [2.45, 2.75) is 31.5 Å². The molecule has 2 fully saturated rings. The molecule has 1 aromatic heterocycles. The fourth-order valence-corrected chi connectivity index (χ4v) is 4.20. The van der Waals surface area contributed by atoms with Crippen LogP contribution in [0, 0.1) is 0 Å². The topological polar surface area (TPSA) is 96.9 Å². The van der Waals surface area contributed by atoms with Gasteiger partial charge in [0, 0.05) is 61.9 Å². The van der Waals surface area contributed by atoms with Gasteiger partial charge in [-0.1, -0.05) is 0 Å². The lowest BCUT2D eigenvalue weighted by Crippen LogP contribution is -2.56. The van der Waals surface area contributed by atoms with Gasteiger partial charge in [-0.15, -0.1) is 0 Å². The number of aliphatic hydroxyl groups excluding tert-OH is 1. The SMILES string of the molecule is CN1CCN(c2ccc(Nc3ncc4c(n3)N(C3CC(O)C3)C(=O)NC4)cc2)CC1. The van der Waals surface area contributed by atoms with Crippen molar-refractivity contribution in [1.82, 2.24) is 20.2 Å². The van der Waals surface area contributed by atoms with Crippen LogP contribution in [-0.4, -0.2) is 71.4 Å². The second-order valence-electron chi connectivity index (χ2n) is 8.31. The molecule has 0 spiro atoms. The quantitative estimate of drug-likeness (QED) is 0.705. The van der Waals surface area contributed by atoms with Gasteiger partial charge in [0.1, 0.15) is 5.82 Å². The number of likely N-dealkylation sites (N-methyl/N-ethyl adjacent to an activating group) is 1. The zero-order chi connectivity index (χ0) is 20.7. The van der Waals surface area contributed by atoms with E-state index in [1.807, 2.05) is 12.1 Å². The molecule has 1 saturated heterocycles. The molecule has 9 nitrogen and oxygen atoms in total. The van der Waals surface area contributed by atoms with Gasteiger partial charge in [-0.05, 0) is 44.2 Å². The number of nitrogens with zero attached hydrogens (tertiary/aromatic N) is 5. The van der Waals surface area contributed by atoms with E-state index in [9.17, 15) is 9.90 Å². The number of hydrogen-bond donors (Lipinski definition) is 3.